The molecule has 2 heteroatoms. The summed E-state index contributed by atoms with van der Waals surface area (Å²) < 4.78 is 5.79. The lowest BCUT2D eigenvalue weighted by molar-refractivity contribution is -0.114. The summed E-state index contributed by atoms with van der Waals surface area (Å²) in [6.45, 7) is 2.26. The first-order valence-electron chi connectivity index (χ1n) is 9.48. The molecule has 0 heterocycles. The van der Waals surface area contributed by atoms with E-state index in [1.807, 2.05) is 0 Å². The second-order valence-corrected chi connectivity index (χ2v) is 6.96. The van der Waals surface area contributed by atoms with Crippen molar-refractivity contribution in [1.82, 2.24) is 0 Å². The van der Waals surface area contributed by atoms with E-state index in [4.69, 9.17) is 4.74 Å². The molecule has 0 aromatic rings. The Bertz CT molecular complexity index is 232. The van der Waals surface area contributed by atoms with E-state index in [0.29, 0.717) is 0 Å². The number of hydrogen-bond donors (Lipinski definition) is 1. The van der Waals surface area contributed by atoms with Crippen molar-refractivity contribution >= 4 is 0 Å². The summed E-state index contributed by atoms with van der Waals surface area (Å²) in [5, 5.41) is 10.6. The molecule has 1 fully saturated rings. The third-order valence-corrected chi connectivity index (χ3v) is 5.29. The average molecular weight is 299 g/mol. The highest BCUT2D eigenvalue weighted by atomic mass is 16.5. The van der Waals surface area contributed by atoms with E-state index >= 15 is 0 Å². The van der Waals surface area contributed by atoms with Crippen molar-refractivity contribution in [2.24, 2.45) is 0 Å². The van der Waals surface area contributed by atoms with Crippen LogP contribution in [-0.2, 0) is 4.74 Å². The van der Waals surface area contributed by atoms with Gasteiger partial charge in [-0.25, -0.2) is 0 Å². The minimum absolute atomic E-state index is 0.238. The molecule has 0 spiro atoms. The molecule has 1 unspecified atom stereocenters. The fraction of sp³-hybridized carbons (Fsp3) is 1.00. The molecule has 0 radical (unpaired) electrons. The van der Waals surface area contributed by atoms with Crippen LogP contribution in [-0.4, -0.2) is 23.9 Å². The molecule has 1 aliphatic rings. The number of aliphatic hydroxyl groups is 1. The van der Waals surface area contributed by atoms with Crippen molar-refractivity contribution in [3.63, 3.8) is 0 Å². The standard InChI is InChI=1S/C19H38O2/c1-3-4-5-6-7-8-9-12-15-18(20)19(21-2)16-13-10-11-14-17-19/h18,20H,3-17H2,1-2H3. The highest BCUT2D eigenvalue weighted by Gasteiger charge is 2.37. The topological polar surface area (TPSA) is 29.5 Å². The van der Waals surface area contributed by atoms with Crippen LogP contribution in [0.5, 0.6) is 0 Å². The summed E-state index contributed by atoms with van der Waals surface area (Å²) in [6.07, 6.45) is 18.4. The van der Waals surface area contributed by atoms with Gasteiger partial charge in [-0.05, 0) is 19.3 Å². The molecular weight excluding hydrogens is 260 g/mol. The Morgan fingerprint density at radius 1 is 0.857 bits per heavy atom. The van der Waals surface area contributed by atoms with Gasteiger partial charge in [-0.15, -0.1) is 0 Å². The van der Waals surface area contributed by atoms with Crippen LogP contribution in [0.4, 0.5) is 0 Å². The van der Waals surface area contributed by atoms with E-state index in [1.54, 1.807) is 7.11 Å². The Morgan fingerprint density at radius 2 is 1.38 bits per heavy atom. The van der Waals surface area contributed by atoms with Crippen LogP contribution in [0.1, 0.15) is 103 Å². The summed E-state index contributed by atoms with van der Waals surface area (Å²) in [4.78, 5) is 0. The number of rotatable bonds is 11. The molecule has 0 saturated heterocycles. The fourth-order valence-electron chi connectivity index (χ4n) is 3.74. The van der Waals surface area contributed by atoms with Gasteiger partial charge in [-0.3, -0.25) is 0 Å². The van der Waals surface area contributed by atoms with Crippen LogP contribution in [0.15, 0.2) is 0 Å². The zero-order chi connectivity index (χ0) is 15.4. The van der Waals surface area contributed by atoms with E-state index < -0.39 is 0 Å². The molecule has 1 aliphatic carbocycles. The normalized spacial score (nSPS) is 20.1. The number of unbranched alkanes of at least 4 members (excludes halogenated alkanes) is 7. The predicted molar refractivity (Wildman–Crippen MR) is 90.7 cm³/mol. The highest BCUT2D eigenvalue weighted by molar-refractivity contribution is 4.89. The minimum Gasteiger partial charge on any atom is -0.390 e. The first kappa shape index (κ1) is 19.0. The highest BCUT2D eigenvalue weighted by Crippen LogP contribution is 2.34. The van der Waals surface area contributed by atoms with Gasteiger partial charge in [0.2, 0.25) is 0 Å². The molecule has 0 amide bonds. The maximum atomic E-state index is 10.6. The van der Waals surface area contributed by atoms with Crippen LogP contribution < -0.4 is 0 Å². The number of ether oxygens (including phenoxy) is 1. The zero-order valence-electron chi connectivity index (χ0n) is 14.5. The van der Waals surface area contributed by atoms with Crippen molar-refractivity contribution in [1.29, 1.82) is 0 Å². The maximum Gasteiger partial charge on any atom is 0.0936 e. The molecule has 1 rings (SSSR count). The van der Waals surface area contributed by atoms with Crippen LogP contribution >= 0.6 is 0 Å². The van der Waals surface area contributed by atoms with Crippen molar-refractivity contribution < 1.29 is 9.84 Å². The molecule has 0 aliphatic heterocycles. The third kappa shape index (κ3) is 7.15. The van der Waals surface area contributed by atoms with Gasteiger partial charge < -0.3 is 9.84 Å². The van der Waals surface area contributed by atoms with E-state index in [0.717, 1.165) is 25.7 Å². The molecule has 21 heavy (non-hydrogen) atoms. The van der Waals surface area contributed by atoms with E-state index in [9.17, 15) is 5.11 Å². The van der Waals surface area contributed by atoms with Gasteiger partial charge in [0, 0.05) is 7.11 Å². The molecule has 0 aromatic heterocycles. The number of hydrogen-bond acceptors (Lipinski definition) is 2. The van der Waals surface area contributed by atoms with Crippen LogP contribution in [0.25, 0.3) is 0 Å². The molecule has 126 valence electrons. The van der Waals surface area contributed by atoms with E-state index in [-0.39, 0.29) is 11.7 Å². The maximum absolute atomic E-state index is 10.6. The Morgan fingerprint density at radius 3 is 1.90 bits per heavy atom. The molecule has 2 nitrogen and oxygen atoms in total. The third-order valence-electron chi connectivity index (χ3n) is 5.29. The van der Waals surface area contributed by atoms with Gasteiger partial charge in [0.1, 0.15) is 0 Å². The second-order valence-electron chi connectivity index (χ2n) is 6.96. The van der Waals surface area contributed by atoms with Gasteiger partial charge in [0.05, 0.1) is 11.7 Å². The lowest BCUT2D eigenvalue weighted by Gasteiger charge is -2.36. The molecule has 1 atom stereocenters. The summed E-state index contributed by atoms with van der Waals surface area (Å²) in [6, 6.07) is 0. The van der Waals surface area contributed by atoms with Crippen molar-refractivity contribution in [3.05, 3.63) is 0 Å². The van der Waals surface area contributed by atoms with E-state index in [1.165, 1.54) is 70.6 Å². The Labute approximate surface area is 132 Å². The predicted octanol–water partition coefficient (Wildman–Crippen LogP) is 5.62. The summed E-state index contributed by atoms with van der Waals surface area (Å²) in [5.41, 5.74) is -0.238. The van der Waals surface area contributed by atoms with Gasteiger partial charge in [0.25, 0.3) is 0 Å². The Hall–Kier alpha value is -0.0800. The number of aliphatic hydroxyl groups excluding tert-OH is 1. The fourth-order valence-corrected chi connectivity index (χ4v) is 3.74. The SMILES string of the molecule is CCCCCCCCCCC(O)C1(OC)CCCCCC1. The van der Waals surface area contributed by atoms with Crippen molar-refractivity contribution in [2.75, 3.05) is 7.11 Å². The quantitative estimate of drug-likeness (QED) is 0.396. The number of methoxy groups -OCH3 is 1. The minimum atomic E-state index is -0.263. The molecule has 1 N–H and O–H groups in total. The van der Waals surface area contributed by atoms with Gasteiger partial charge in [-0.1, -0.05) is 84.0 Å². The second kappa shape index (κ2) is 11.5. The van der Waals surface area contributed by atoms with Crippen LogP contribution in [0.2, 0.25) is 0 Å². The van der Waals surface area contributed by atoms with Crippen LogP contribution in [0, 0.1) is 0 Å². The van der Waals surface area contributed by atoms with Gasteiger partial charge >= 0.3 is 0 Å². The lowest BCUT2D eigenvalue weighted by Crippen LogP contribution is -2.43. The molecule has 1 saturated carbocycles. The summed E-state index contributed by atoms with van der Waals surface area (Å²) in [5.74, 6) is 0. The van der Waals surface area contributed by atoms with Crippen molar-refractivity contribution in [2.45, 2.75) is 115 Å². The molecular formula is C19H38O2. The lowest BCUT2D eigenvalue weighted by atomic mass is 9.85. The average Bonchev–Trinajstić information content (AvgIpc) is 2.76. The van der Waals surface area contributed by atoms with Crippen LogP contribution in [0.3, 0.4) is 0 Å². The zero-order valence-corrected chi connectivity index (χ0v) is 14.5. The summed E-state index contributed by atoms with van der Waals surface area (Å²) >= 11 is 0. The van der Waals surface area contributed by atoms with Crippen molar-refractivity contribution in [3.8, 4) is 0 Å². The first-order valence-corrected chi connectivity index (χ1v) is 9.48. The smallest absolute Gasteiger partial charge is 0.0936 e. The molecule has 0 aromatic carbocycles. The van der Waals surface area contributed by atoms with E-state index in [2.05, 4.69) is 6.92 Å². The Kier molecular flexibility index (Phi) is 10.4. The largest absolute Gasteiger partial charge is 0.390 e. The van der Waals surface area contributed by atoms with Gasteiger partial charge in [-0.2, -0.15) is 0 Å². The summed E-state index contributed by atoms with van der Waals surface area (Å²) in [7, 11) is 1.79. The molecule has 0 bridgehead atoms. The monoisotopic (exact) mass is 298 g/mol. The Balaban J connectivity index is 2.14. The first-order chi connectivity index (χ1) is 10.2. The van der Waals surface area contributed by atoms with Gasteiger partial charge in [0.15, 0.2) is 0 Å².